The number of carbonyl (C=O) groups is 2. The van der Waals surface area contributed by atoms with Crippen LogP contribution >= 0.6 is 11.8 Å². The van der Waals surface area contributed by atoms with Crippen molar-refractivity contribution < 1.29 is 14.0 Å². The lowest BCUT2D eigenvalue weighted by Crippen LogP contribution is -2.27. The van der Waals surface area contributed by atoms with Gasteiger partial charge in [-0.1, -0.05) is 66.7 Å². The van der Waals surface area contributed by atoms with E-state index in [0.29, 0.717) is 0 Å². The van der Waals surface area contributed by atoms with Gasteiger partial charge in [0.2, 0.25) is 5.91 Å². The van der Waals surface area contributed by atoms with Crippen LogP contribution in [0.2, 0.25) is 0 Å². The number of hydrogen-bond donors (Lipinski definition) is 2. The number of amides is 2. The molecule has 0 aromatic heterocycles. The lowest BCUT2D eigenvalue weighted by Gasteiger charge is -2.27. The van der Waals surface area contributed by atoms with Gasteiger partial charge >= 0.3 is 0 Å². The summed E-state index contributed by atoms with van der Waals surface area (Å²) in [5, 5.41) is 5.09. The van der Waals surface area contributed by atoms with Crippen LogP contribution in [0.3, 0.4) is 0 Å². The second-order valence-corrected chi connectivity index (χ2v) is 8.27. The predicted octanol–water partition coefficient (Wildman–Crippen LogP) is 5.29. The molecule has 1 aliphatic heterocycles. The van der Waals surface area contributed by atoms with E-state index in [1.165, 1.54) is 12.1 Å². The van der Waals surface area contributed by atoms with E-state index >= 15 is 0 Å². The zero-order valence-corrected chi connectivity index (χ0v) is 17.2. The zero-order valence-electron chi connectivity index (χ0n) is 16.3. The average molecular weight is 421 g/mol. The maximum atomic E-state index is 13.3. The molecule has 1 saturated heterocycles. The molecule has 6 heteroatoms. The molecule has 2 N–H and O–H groups in total. The van der Waals surface area contributed by atoms with Crippen LogP contribution in [0.1, 0.15) is 46.5 Å². The molecule has 4 rings (SSSR count). The number of carbonyl (C=O) groups excluding carboxylic acids is 2. The Hall–Kier alpha value is -2.96. The van der Waals surface area contributed by atoms with Crippen LogP contribution in [-0.4, -0.2) is 11.1 Å². The van der Waals surface area contributed by atoms with Crippen LogP contribution in [0.5, 0.6) is 0 Å². The van der Waals surface area contributed by atoms with E-state index in [-0.39, 0.29) is 29.0 Å². The van der Waals surface area contributed by atoms with Crippen LogP contribution in [0.15, 0.2) is 78.9 Å². The van der Waals surface area contributed by atoms with Gasteiger partial charge < -0.3 is 0 Å². The van der Waals surface area contributed by atoms with Gasteiger partial charge in [-0.2, -0.15) is 0 Å². The van der Waals surface area contributed by atoms with Crippen molar-refractivity contribution in [2.24, 2.45) is 0 Å². The maximum Gasteiger partial charge on any atom is 0.286 e. The number of benzene rings is 3. The molecule has 1 fully saturated rings. The van der Waals surface area contributed by atoms with Gasteiger partial charge in [0, 0.05) is 6.04 Å². The van der Waals surface area contributed by atoms with Crippen molar-refractivity contribution in [3.8, 4) is 0 Å². The summed E-state index contributed by atoms with van der Waals surface area (Å²) >= 11 is 1.00. The number of thioether (sulfide) groups is 1. The normalized spacial score (nSPS) is 18.1. The minimum atomic E-state index is -0.581. The van der Waals surface area contributed by atoms with Gasteiger partial charge in [-0.05, 0) is 53.1 Å². The molecule has 1 heterocycles. The molecule has 3 aromatic carbocycles. The van der Waals surface area contributed by atoms with Gasteiger partial charge in [0.1, 0.15) is 11.1 Å². The fourth-order valence-corrected chi connectivity index (χ4v) is 4.56. The highest BCUT2D eigenvalue weighted by atomic mass is 32.2. The van der Waals surface area contributed by atoms with Crippen molar-refractivity contribution in [2.45, 2.75) is 24.3 Å². The molecule has 3 aromatic rings. The first-order valence-electron chi connectivity index (χ1n) is 9.69. The maximum absolute atomic E-state index is 13.3. The molecule has 30 heavy (non-hydrogen) atoms. The quantitative estimate of drug-likeness (QED) is 0.569. The molecule has 0 radical (unpaired) electrons. The molecule has 152 valence electrons. The molecular formula is C24H21FN2O2S. The highest BCUT2D eigenvalue weighted by Crippen LogP contribution is 2.39. The summed E-state index contributed by atoms with van der Waals surface area (Å²) in [4.78, 5) is 24.1. The Morgan fingerprint density at radius 3 is 2.23 bits per heavy atom. The Balaban J connectivity index is 1.73. The van der Waals surface area contributed by atoms with E-state index in [4.69, 9.17) is 0 Å². The minimum absolute atomic E-state index is 0.0736. The topological polar surface area (TPSA) is 58.2 Å². The standard InChI is InChI=1S/C24H21FN2O2S/c1-15(16-11-13-18(25)14-12-16)26-21(17-7-3-2-4-8-17)19-9-5-6-10-20(19)22-23(28)27-24(29)30-22/h2-15,21-22,26H,1H3,(H,27,28,29). The van der Waals surface area contributed by atoms with Gasteiger partial charge in [-0.3, -0.25) is 20.2 Å². The smallest absolute Gasteiger partial charge is 0.286 e. The second-order valence-electron chi connectivity index (χ2n) is 7.19. The molecule has 2 amide bonds. The SMILES string of the molecule is CC(NC(c1ccccc1)c1ccccc1C1SC(=O)NC1=O)c1ccc(F)cc1. The number of rotatable bonds is 6. The summed E-state index contributed by atoms with van der Waals surface area (Å²) < 4.78 is 13.3. The van der Waals surface area contributed by atoms with Crippen LogP contribution in [0.4, 0.5) is 9.18 Å². The largest absolute Gasteiger partial charge is 0.300 e. The van der Waals surface area contributed by atoms with E-state index in [2.05, 4.69) is 10.6 Å². The van der Waals surface area contributed by atoms with E-state index in [1.807, 2.05) is 61.5 Å². The molecule has 0 spiro atoms. The van der Waals surface area contributed by atoms with Crippen LogP contribution < -0.4 is 10.6 Å². The number of halogens is 1. The highest BCUT2D eigenvalue weighted by molar-refractivity contribution is 8.15. The Morgan fingerprint density at radius 2 is 1.57 bits per heavy atom. The molecule has 3 unspecified atom stereocenters. The van der Waals surface area contributed by atoms with Crippen molar-refractivity contribution in [1.82, 2.24) is 10.6 Å². The summed E-state index contributed by atoms with van der Waals surface area (Å²) in [6.45, 7) is 2.02. The molecule has 0 saturated carbocycles. The van der Waals surface area contributed by atoms with E-state index in [0.717, 1.165) is 34.0 Å². The average Bonchev–Trinajstić information content (AvgIpc) is 3.10. The zero-order chi connectivity index (χ0) is 21.1. The monoisotopic (exact) mass is 420 g/mol. The van der Waals surface area contributed by atoms with Crippen molar-refractivity contribution in [1.29, 1.82) is 0 Å². The summed E-state index contributed by atoms with van der Waals surface area (Å²) in [5.74, 6) is -0.569. The fraction of sp³-hybridized carbons (Fsp3) is 0.167. The first-order valence-corrected chi connectivity index (χ1v) is 10.6. The van der Waals surface area contributed by atoms with Crippen molar-refractivity contribution in [2.75, 3.05) is 0 Å². The van der Waals surface area contributed by atoms with Gasteiger partial charge in [0.05, 0.1) is 6.04 Å². The Kier molecular flexibility index (Phi) is 5.97. The van der Waals surface area contributed by atoms with Gasteiger partial charge in [-0.15, -0.1) is 0 Å². The number of nitrogens with one attached hydrogen (secondary N) is 2. The number of imide groups is 1. The van der Waals surface area contributed by atoms with Gasteiger partial charge in [-0.25, -0.2) is 4.39 Å². The summed E-state index contributed by atoms with van der Waals surface area (Å²) in [7, 11) is 0. The molecular weight excluding hydrogens is 399 g/mol. The second kappa shape index (κ2) is 8.81. The molecule has 4 nitrogen and oxygen atoms in total. The Bertz CT molecular complexity index is 1060. The third-order valence-corrected chi connectivity index (χ3v) is 6.22. The lowest BCUT2D eigenvalue weighted by atomic mass is 9.91. The van der Waals surface area contributed by atoms with E-state index < -0.39 is 5.25 Å². The molecule has 1 aliphatic rings. The van der Waals surface area contributed by atoms with Gasteiger partial charge in [0.15, 0.2) is 0 Å². The first-order chi connectivity index (χ1) is 14.5. The van der Waals surface area contributed by atoms with Crippen LogP contribution in [0.25, 0.3) is 0 Å². The van der Waals surface area contributed by atoms with Crippen molar-refractivity contribution in [3.63, 3.8) is 0 Å². The molecule has 0 aliphatic carbocycles. The van der Waals surface area contributed by atoms with Crippen molar-refractivity contribution in [3.05, 3.63) is 107 Å². The summed E-state index contributed by atoms with van der Waals surface area (Å²) in [6.07, 6.45) is 0. The minimum Gasteiger partial charge on any atom is -0.300 e. The first kappa shape index (κ1) is 20.3. The third-order valence-electron chi connectivity index (χ3n) is 5.20. The Labute approximate surface area is 178 Å². The van der Waals surface area contributed by atoms with E-state index in [1.54, 1.807) is 12.1 Å². The molecule has 0 bridgehead atoms. The Morgan fingerprint density at radius 1 is 0.900 bits per heavy atom. The van der Waals surface area contributed by atoms with Crippen LogP contribution in [0, 0.1) is 5.82 Å². The molecule has 3 atom stereocenters. The van der Waals surface area contributed by atoms with Crippen molar-refractivity contribution >= 4 is 22.9 Å². The van der Waals surface area contributed by atoms with Gasteiger partial charge in [0.25, 0.3) is 5.24 Å². The van der Waals surface area contributed by atoms with E-state index in [9.17, 15) is 14.0 Å². The third kappa shape index (κ3) is 4.30. The summed E-state index contributed by atoms with van der Waals surface area (Å²) in [5.41, 5.74) is 3.73. The lowest BCUT2D eigenvalue weighted by molar-refractivity contribution is -0.119. The highest BCUT2D eigenvalue weighted by Gasteiger charge is 2.35. The van der Waals surface area contributed by atoms with Crippen LogP contribution in [-0.2, 0) is 4.79 Å². The predicted molar refractivity (Wildman–Crippen MR) is 117 cm³/mol. The summed E-state index contributed by atoms with van der Waals surface area (Å²) in [6, 6.07) is 23.8. The number of hydrogen-bond acceptors (Lipinski definition) is 4. The fourth-order valence-electron chi connectivity index (χ4n) is 3.68.